The van der Waals surface area contributed by atoms with Gasteiger partial charge in [0.15, 0.2) is 0 Å². The molecule has 0 saturated carbocycles. The maximum atomic E-state index is 10.9. The molecule has 9 heteroatoms. The third kappa shape index (κ3) is 3.88. The fraction of sp³-hybridized carbons (Fsp3) is 0.500. The largest absolute Gasteiger partial charge is 0.253 e. The number of thioether (sulfide) groups is 1. The van der Waals surface area contributed by atoms with Crippen molar-refractivity contribution < 1.29 is 8.42 Å². The molecule has 0 aliphatic rings. The number of nitrogens with one attached hydrogen (secondary N) is 1. The first kappa shape index (κ1) is 14.2. The van der Waals surface area contributed by atoms with E-state index < -0.39 is 10.0 Å². The number of fused-ring (bicyclic) bond motifs is 1. The molecule has 7 nitrogen and oxygen atoms in total. The maximum absolute atomic E-state index is 10.9. The van der Waals surface area contributed by atoms with Crippen LogP contribution in [0.4, 0.5) is 0 Å². The molecule has 19 heavy (non-hydrogen) atoms. The van der Waals surface area contributed by atoms with Crippen molar-refractivity contribution in [2.75, 3.05) is 18.6 Å². The van der Waals surface area contributed by atoms with Crippen molar-refractivity contribution in [2.24, 2.45) is 0 Å². The minimum Gasteiger partial charge on any atom is -0.216 e. The van der Waals surface area contributed by atoms with Gasteiger partial charge in [-0.3, -0.25) is 0 Å². The van der Waals surface area contributed by atoms with E-state index in [0.29, 0.717) is 23.2 Å². The second-order valence-electron chi connectivity index (χ2n) is 4.16. The van der Waals surface area contributed by atoms with Gasteiger partial charge in [-0.05, 0) is 19.9 Å². The van der Waals surface area contributed by atoms with Gasteiger partial charge in [-0.15, -0.1) is 5.10 Å². The van der Waals surface area contributed by atoms with Crippen molar-refractivity contribution in [3.05, 3.63) is 17.5 Å². The molecule has 0 bridgehead atoms. The van der Waals surface area contributed by atoms with Crippen molar-refractivity contribution in [1.82, 2.24) is 24.3 Å². The van der Waals surface area contributed by atoms with E-state index in [1.54, 1.807) is 4.52 Å². The zero-order valence-electron chi connectivity index (χ0n) is 10.9. The lowest BCUT2D eigenvalue weighted by molar-refractivity contribution is 0.590. The van der Waals surface area contributed by atoms with Crippen LogP contribution in [0.2, 0.25) is 0 Å². The summed E-state index contributed by atoms with van der Waals surface area (Å²) in [5.74, 6) is 1.14. The number of sulfonamides is 1. The summed E-state index contributed by atoms with van der Waals surface area (Å²) in [6, 6.07) is 1.93. The van der Waals surface area contributed by atoms with Crippen LogP contribution >= 0.6 is 11.8 Å². The lowest BCUT2D eigenvalue weighted by Crippen LogP contribution is -2.24. The second kappa shape index (κ2) is 5.43. The molecule has 0 spiro atoms. The van der Waals surface area contributed by atoms with E-state index in [-0.39, 0.29) is 0 Å². The van der Waals surface area contributed by atoms with Crippen LogP contribution in [0.3, 0.4) is 0 Å². The molecule has 2 aromatic heterocycles. The average Bonchev–Trinajstić information content (AvgIpc) is 2.66. The Kier molecular flexibility index (Phi) is 4.07. The smallest absolute Gasteiger partial charge is 0.216 e. The van der Waals surface area contributed by atoms with Crippen LogP contribution in [-0.4, -0.2) is 46.6 Å². The highest BCUT2D eigenvalue weighted by Crippen LogP contribution is 2.14. The molecule has 0 unspecified atom stereocenters. The van der Waals surface area contributed by atoms with Crippen LogP contribution in [-0.2, 0) is 10.0 Å². The highest BCUT2D eigenvalue weighted by Gasteiger charge is 2.08. The van der Waals surface area contributed by atoms with E-state index in [1.165, 1.54) is 11.8 Å². The number of aromatic nitrogens is 4. The third-order valence-electron chi connectivity index (χ3n) is 2.30. The topological polar surface area (TPSA) is 89.2 Å². The highest BCUT2D eigenvalue weighted by atomic mass is 32.2. The van der Waals surface area contributed by atoms with Gasteiger partial charge >= 0.3 is 0 Å². The van der Waals surface area contributed by atoms with E-state index in [0.717, 1.165) is 17.6 Å². The molecule has 0 atom stereocenters. The zero-order valence-corrected chi connectivity index (χ0v) is 12.5. The molecule has 0 radical (unpaired) electrons. The van der Waals surface area contributed by atoms with E-state index in [9.17, 15) is 8.42 Å². The van der Waals surface area contributed by atoms with Gasteiger partial charge in [0.1, 0.15) is 0 Å². The molecule has 2 heterocycles. The monoisotopic (exact) mass is 301 g/mol. The molecule has 0 aliphatic heterocycles. The van der Waals surface area contributed by atoms with Crippen LogP contribution in [0.25, 0.3) is 5.78 Å². The number of hydrogen-bond acceptors (Lipinski definition) is 6. The van der Waals surface area contributed by atoms with Crippen molar-refractivity contribution in [3.8, 4) is 0 Å². The maximum Gasteiger partial charge on any atom is 0.253 e. The molecule has 0 aliphatic carbocycles. The van der Waals surface area contributed by atoms with Crippen molar-refractivity contribution in [2.45, 2.75) is 19.0 Å². The molecule has 0 fully saturated rings. The van der Waals surface area contributed by atoms with Crippen molar-refractivity contribution in [3.63, 3.8) is 0 Å². The number of hydrogen-bond donors (Lipinski definition) is 1. The third-order valence-corrected chi connectivity index (χ3v) is 3.86. The van der Waals surface area contributed by atoms with Gasteiger partial charge in [-0.1, -0.05) is 11.8 Å². The minimum absolute atomic E-state index is 0.352. The Balaban J connectivity index is 2.04. The molecule has 1 N–H and O–H groups in total. The molecule has 0 saturated heterocycles. The normalized spacial score (nSPS) is 12.2. The van der Waals surface area contributed by atoms with E-state index in [2.05, 4.69) is 19.8 Å². The predicted molar refractivity (Wildman–Crippen MR) is 73.8 cm³/mol. The Morgan fingerprint density at radius 2 is 2.11 bits per heavy atom. The summed E-state index contributed by atoms with van der Waals surface area (Å²) in [6.07, 6.45) is 1.14. The van der Waals surface area contributed by atoms with Gasteiger partial charge in [0, 0.05) is 23.7 Å². The highest BCUT2D eigenvalue weighted by molar-refractivity contribution is 7.99. The Bertz CT molecular complexity index is 695. The Hall–Kier alpha value is -1.19. The van der Waals surface area contributed by atoms with Crippen LogP contribution in [0.1, 0.15) is 11.4 Å². The standard InChI is InChI=1S/C10H15N5O2S2/c1-7-6-8(2)15-9(12-7)13-10(14-15)18-5-4-11-19(3,16)17/h6,11H,4-5H2,1-3H3. The van der Waals surface area contributed by atoms with Gasteiger partial charge in [0.25, 0.3) is 5.78 Å². The van der Waals surface area contributed by atoms with E-state index in [4.69, 9.17) is 0 Å². The van der Waals surface area contributed by atoms with Crippen molar-refractivity contribution in [1.29, 1.82) is 0 Å². The van der Waals surface area contributed by atoms with Gasteiger partial charge in [0.05, 0.1) is 6.26 Å². The molecule has 2 aromatic rings. The zero-order chi connectivity index (χ0) is 14.0. The summed E-state index contributed by atoms with van der Waals surface area (Å²) in [7, 11) is -3.14. The summed E-state index contributed by atoms with van der Waals surface area (Å²) < 4.78 is 25.9. The van der Waals surface area contributed by atoms with Crippen LogP contribution < -0.4 is 4.72 Å². The van der Waals surface area contributed by atoms with E-state index >= 15 is 0 Å². The van der Waals surface area contributed by atoms with Crippen molar-refractivity contribution >= 4 is 27.6 Å². The second-order valence-corrected chi connectivity index (χ2v) is 7.06. The summed E-state index contributed by atoms with van der Waals surface area (Å²) in [4.78, 5) is 8.58. The Morgan fingerprint density at radius 1 is 1.37 bits per heavy atom. The molecule has 104 valence electrons. The molecule has 2 rings (SSSR count). The summed E-state index contributed by atoms with van der Waals surface area (Å²) >= 11 is 1.39. The lowest BCUT2D eigenvalue weighted by atomic mass is 10.4. The SMILES string of the molecule is Cc1cc(C)n2nc(SCCNS(C)(=O)=O)nc2n1. The fourth-order valence-electron chi connectivity index (χ4n) is 1.58. The summed E-state index contributed by atoms with van der Waals surface area (Å²) in [6.45, 7) is 4.20. The molecule has 0 amide bonds. The quantitative estimate of drug-likeness (QED) is 0.634. The minimum atomic E-state index is -3.14. The molecular weight excluding hydrogens is 286 g/mol. The lowest BCUT2D eigenvalue weighted by Gasteiger charge is -1.99. The first-order valence-corrected chi connectivity index (χ1v) is 8.51. The number of aryl methyl sites for hydroxylation is 2. The first-order valence-electron chi connectivity index (χ1n) is 5.63. The predicted octanol–water partition coefficient (Wildman–Crippen LogP) is 0.382. The number of rotatable bonds is 5. The Labute approximate surface area is 115 Å². The van der Waals surface area contributed by atoms with Gasteiger partial charge in [0.2, 0.25) is 15.2 Å². The Morgan fingerprint density at radius 3 is 2.79 bits per heavy atom. The number of nitrogens with zero attached hydrogens (tertiary/aromatic N) is 4. The molecule has 0 aromatic carbocycles. The average molecular weight is 301 g/mol. The van der Waals surface area contributed by atoms with Crippen LogP contribution in [0.15, 0.2) is 11.2 Å². The van der Waals surface area contributed by atoms with E-state index in [1.807, 2.05) is 19.9 Å². The van der Waals surface area contributed by atoms with Crippen LogP contribution in [0, 0.1) is 13.8 Å². The molecular formula is C10H15N5O2S2. The summed E-state index contributed by atoms with van der Waals surface area (Å²) in [5, 5.41) is 4.91. The fourth-order valence-corrected chi connectivity index (χ4v) is 2.85. The first-order chi connectivity index (χ1) is 8.85. The van der Waals surface area contributed by atoms with Gasteiger partial charge in [-0.2, -0.15) is 4.98 Å². The van der Waals surface area contributed by atoms with Gasteiger partial charge < -0.3 is 0 Å². The summed E-state index contributed by atoms with van der Waals surface area (Å²) in [5.41, 5.74) is 1.86. The van der Waals surface area contributed by atoms with Crippen LogP contribution in [0.5, 0.6) is 0 Å². The van der Waals surface area contributed by atoms with Gasteiger partial charge in [-0.25, -0.2) is 22.6 Å².